The van der Waals surface area contributed by atoms with Crippen molar-refractivity contribution in [2.75, 3.05) is 23.7 Å². The number of pyridine rings is 2. The van der Waals surface area contributed by atoms with Gasteiger partial charge in [-0.15, -0.1) is 0 Å². The third-order valence-electron chi connectivity index (χ3n) is 6.74. The molecule has 2 amide bonds. The molecule has 2 N–H and O–H groups in total. The molecule has 7 heteroatoms. The van der Waals surface area contributed by atoms with Gasteiger partial charge in [0.15, 0.2) is 0 Å². The number of anilines is 2. The summed E-state index contributed by atoms with van der Waals surface area (Å²) in [5, 5.41) is 6.14. The molecule has 1 saturated heterocycles. The molecule has 2 aromatic heterocycles. The van der Waals surface area contributed by atoms with Crippen molar-refractivity contribution in [3.63, 3.8) is 0 Å². The zero-order chi connectivity index (χ0) is 26.6. The highest BCUT2D eigenvalue weighted by molar-refractivity contribution is 6.05. The third-order valence-corrected chi connectivity index (χ3v) is 6.74. The lowest BCUT2D eigenvalue weighted by Gasteiger charge is -2.39. The lowest BCUT2D eigenvalue weighted by Crippen LogP contribution is -2.48. The Morgan fingerprint density at radius 2 is 1.68 bits per heavy atom. The topological polar surface area (TPSA) is 87.2 Å². The highest BCUT2D eigenvalue weighted by atomic mass is 16.2. The van der Waals surface area contributed by atoms with Gasteiger partial charge in [0, 0.05) is 54.9 Å². The Morgan fingerprint density at radius 1 is 0.921 bits per heavy atom. The van der Waals surface area contributed by atoms with Crippen LogP contribution in [0, 0.1) is 6.92 Å². The Bertz CT molecular complexity index is 1430. The second-order valence-electron chi connectivity index (χ2n) is 9.99. The van der Waals surface area contributed by atoms with Crippen LogP contribution in [-0.4, -0.2) is 45.8 Å². The van der Waals surface area contributed by atoms with E-state index in [9.17, 15) is 9.59 Å². The standard InChI is InChI=1S/C31H31N5O2/c1-20(2)34-29-13-12-26(17-33-29)30(37)35-28-15-24(7-6-21(28)3)31(38)36-18-27(19-36)23-10-8-22(9-11-23)25-5-4-14-32-16-25/h4-17,20,27H,18-19H2,1-3H3,(H,33,34)(H,35,37). The van der Waals surface area contributed by atoms with Crippen molar-refractivity contribution >= 4 is 23.3 Å². The van der Waals surface area contributed by atoms with E-state index in [-0.39, 0.29) is 17.9 Å². The number of hydrogen-bond acceptors (Lipinski definition) is 5. The fraction of sp³-hybridized carbons (Fsp3) is 0.226. The SMILES string of the molecule is Cc1ccc(C(=O)N2CC(c3ccc(-c4cccnc4)cc3)C2)cc1NC(=O)c1ccc(NC(C)C)nc1. The number of carbonyl (C=O) groups is 2. The van der Waals surface area contributed by atoms with Crippen LogP contribution in [0.5, 0.6) is 0 Å². The van der Waals surface area contributed by atoms with E-state index in [4.69, 9.17) is 0 Å². The molecule has 192 valence electrons. The first-order valence-corrected chi connectivity index (χ1v) is 12.8. The minimum atomic E-state index is -0.264. The molecule has 0 bridgehead atoms. The number of aryl methyl sites for hydroxylation is 1. The van der Waals surface area contributed by atoms with Gasteiger partial charge in [0.25, 0.3) is 11.8 Å². The fourth-order valence-electron chi connectivity index (χ4n) is 4.51. The minimum Gasteiger partial charge on any atom is -0.368 e. The van der Waals surface area contributed by atoms with Gasteiger partial charge in [-0.1, -0.05) is 36.4 Å². The second-order valence-corrected chi connectivity index (χ2v) is 9.99. The Balaban J connectivity index is 1.20. The Kier molecular flexibility index (Phi) is 7.18. The lowest BCUT2D eigenvalue weighted by molar-refractivity contribution is 0.0602. The monoisotopic (exact) mass is 505 g/mol. The molecule has 4 aromatic rings. The van der Waals surface area contributed by atoms with Gasteiger partial charge in [-0.2, -0.15) is 0 Å². The molecule has 1 fully saturated rings. The van der Waals surface area contributed by atoms with Crippen LogP contribution in [0.3, 0.4) is 0 Å². The molecule has 0 atom stereocenters. The van der Waals surface area contributed by atoms with E-state index >= 15 is 0 Å². The molecule has 0 spiro atoms. The highest BCUT2D eigenvalue weighted by Gasteiger charge is 2.32. The van der Waals surface area contributed by atoms with Crippen LogP contribution in [0.25, 0.3) is 11.1 Å². The summed E-state index contributed by atoms with van der Waals surface area (Å²) in [5.74, 6) is 0.736. The highest BCUT2D eigenvalue weighted by Crippen LogP contribution is 2.31. The summed E-state index contributed by atoms with van der Waals surface area (Å²) in [7, 11) is 0. The van der Waals surface area contributed by atoms with Crippen molar-refractivity contribution in [3.05, 3.63) is 108 Å². The summed E-state index contributed by atoms with van der Waals surface area (Å²) >= 11 is 0. The molecule has 7 nitrogen and oxygen atoms in total. The first-order chi connectivity index (χ1) is 18.4. The third kappa shape index (κ3) is 5.57. The molecule has 0 saturated carbocycles. The van der Waals surface area contributed by atoms with E-state index in [0.717, 1.165) is 22.5 Å². The summed E-state index contributed by atoms with van der Waals surface area (Å²) in [6.45, 7) is 7.31. The minimum absolute atomic E-state index is 0.0329. The maximum atomic E-state index is 13.2. The average molecular weight is 506 g/mol. The molecule has 1 aliphatic heterocycles. The summed E-state index contributed by atoms with van der Waals surface area (Å²) in [6.07, 6.45) is 5.17. The zero-order valence-electron chi connectivity index (χ0n) is 21.8. The number of rotatable bonds is 7. The summed E-state index contributed by atoms with van der Waals surface area (Å²) < 4.78 is 0. The van der Waals surface area contributed by atoms with Crippen molar-refractivity contribution in [2.24, 2.45) is 0 Å². The summed E-state index contributed by atoms with van der Waals surface area (Å²) in [5.41, 5.74) is 5.96. The predicted octanol–water partition coefficient (Wildman–Crippen LogP) is 5.76. The van der Waals surface area contributed by atoms with Crippen molar-refractivity contribution < 1.29 is 9.59 Å². The first-order valence-electron chi connectivity index (χ1n) is 12.8. The van der Waals surface area contributed by atoms with Crippen LogP contribution in [0.2, 0.25) is 0 Å². The first kappa shape index (κ1) is 25.1. The molecule has 0 radical (unpaired) electrons. The molecule has 5 rings (SSSR count). The zero-order valence-corrected chi connectivity index (χ0v) is 21.8. The van der Waals surface area contributed by atoms with Crippen LogP contribution in [-0.2, 0) is 0 Å². The van der Waals surface area contributed by atoms with Gasteiger partial charge in [-0.3, -0.25) is 14.6 Å². The number of amides is 2. The summed E-state index contributed by atoms with van der Waals surface area (Å²) in [6, 6.07) is 21.7. The van der Waals surface area contributed by atoms with Crippen LogP contribution in [0.1, 0.15) is 51.6 Å². The van der Waals surface area contributed by atoms with Gasteiger partial charge in [-0.25, -0.2) is 4.98 Å². The molecule has 38 heavy (non-hydrogen) atoms. The second kappa shape index (κ2) is 10.8. The predicted molar refractivity (Wildman–Crippen MR) is 150 cm³/mol. The van der Waals surface area contributed by atoms with Crippen molar-refractivity contribution in [1.29, 1.82) is 0 Å². The number of carbonyl (C=O) groups excluding carboxylic acids is 2. The normalized spacial score (nSPS) is 13.2. The average Bonchev–Trinajstić information content (AvgIpc) is 2.90. The van der Waals surface area contributed by atoms with Gasteiger partial charge in [0.1, 0.15) is 5.82 Å². The number of likely N-dealkylation sites (tertiary alicyclic amines) is 1. The smallest absolute Gasteiger partial charge is 0.257 e. The van der Waals surface area contributed by atoms with Gasteiger partial charge in [0.2, 0.25) is 0 Å². The van der Waals surface area contributed by atoms with Crippen molar-refractivity contribution in [2.45, 2.75) is 32.7 Å². The molecule has 2 aromatic carbocycles. The number of nitrogens with one attached hydrogen (secondary N) is 2. The molecule has 1 aliphatic rings. The van der Waals surface area contributed by atoms with Crippen LogP contribution < -0.4 is 10.6 Å². The van der Waals surface area contributed by atoms with Crippen LogP contribution in [0.4, 0.5) is 11.5 Å². The number of nitrogens with zero attached hydrogens (tertiary/aromatic N) is 3. The van der Waals surface area contributed by atoms with Crippen LogP contribution in [0.15, 0.2) is 85.3 Å². The maximum absolute atomic E-state index is 13.2. The largest absolute Gasteiger partial charge is 0.368 e. The number of hydrogen-bond donors (Lipinski definition) is 2. The van der Waals surface area contributed by atoms with E-state index in [1.807, 2.05) is 56.1 Å². The van der Waals surface area contributed by atoms with Crippen LogP contribution >= 0.6 is 0 Å². The van der Waals surface area contributed by atoms with Crippen molar-refractivity contribution in [1.82, 2.24) is 14.9 Å². The fourth-order valence-corrected chi connectivity index (χ4v) is 4.51. The quantitative estimate of drug-likeness (QED) is 0.333. The van der Waals surface area contributed by atoms with Gasteiger partial charge < -0.3 is 15.5 Å². The molecule has 0 unspecified atom stereocenters. The molecular formula is C31H31N5O2. The van der Waals surface area contributed by atoms with Gasteiger partial charge in [0.05, 0.1) is 5.56 Å². The summed E-state index contributed by atoms with van der Waals surface area (Å²) in [4.78, 5) is 36.3. The van der Waals surface area contributed by atoms with E-state index in [1.54, 1.807) is 30.6 Å². The van der Waals surface area contributed by atoms with E-state index in [0.29, 0.717) is 35.8 Å². The lowest BCUT2D eigenvalue weighted by atomic mass is 9.89. The number of aromatic nitrogens is 2. The number of benzene rings is 2. The van der Waals surface area contributed by atoms with E-state index in [1.165, 1.54) is 5.56 Å². The van der Waals surface area contributed by atoms with E-state index < -0.39 is 0 Å². The Labute approximate surface area is 223 Å². The molecule has 0 aliphatic carbocycles. The van der Waals surface area contributed by atoms with Gasteiger partial charge >= 0.3 is 0 Å². The van der Waals surface area contributed by atoms with Crippen molar-refractivity contribution in [3.8, 4) is 11.1 Å². The Morgan fingerprint density at radius 3 is 2.34 bits per heavy atom. The van der Waals surface area contributed by atoms with Gasteiger partial charge in [-0.05, 0) is 73.4 Å². The molecule has 3 heterocycles. The van der Waals surface area contributed by atoms with E-state index in [2.05, 4.69) is 44.9 Å². The Hall–Kier alpha value is -4.52. The molecular weight excluding hydrogens is 474 g/mol. The maximum Gasteiger partial charge on any atom is 0.257 e.